The van der Waals surface area contributed by atoms with Crippen molar-refractivity contribution in [3.8, 4) is 0 Å². The van der Waals surface area contributed by atoms with Crippen LogP contribution in [-0.4, -0.2) is 30.2 Å². The van der Waals surface area contributed by atoms with Crippen molar-refractivity contribution in [2.75, 3.05) is 7.05 Å². The summed E-state index contributed by atoms with van der Waals surface area (Å²) < 4.78 is 75.2. The predicted molar refractivity (Wildman–Crippen MR) is 58.7 cm³/mol. The summed E-state index contributed by atoms with van der Waals surface area (Å²) in [6, 6.07) is 3.91. The first-order valence-corrected chi connectivity index (χ1v) is 5.46. The molecule has 0 radical (unpaired) electrons. The number of amides is 1. The zero-order chi connectivity index (χ0) is 15.6. The molecule has 112 valence electrons. The molecule has 0 spiro atoms. The zero-order valence-electron chi connectivity index (χ0n) is 10.3. The average molecular weight is 299 g/mol. The molecule has 8 heteroatoms. The van der Waals surface area contributed by atoms with Crippen LogP contribution in [0.1, 0.15) is 18.0 Å². The monoisotopic (exact) mass is 299 g/mol. The van der Waals surface area contributed by atoms with Crippen LogP contribution >= 0.6 is 0 Å². The van der Waals surface area contributed by atoms with Gasteiger partial charge in [0.25, 0.3) is 0 Å². The molecule has 1 amide bonds. The topological polar surface area (TPSA) is 20.3 Å². The largest absolute Gasteiger partial charge is 0.413 e. The van der Waals surface area contributed by atoms with Crippen molar-refractivity contribution in [3.63, 3.8) is 0 Å². The molecule has 0 saturated heterocycles. The van der Waals surface area contributed by atoms with E-state index in [2.05, 4.69) is 0 Å². The molecular formula is C12H11F6NO. The van der Waals surface area contributed by atoms with Gasteiger partial charge in [0.15, 0.2) is 6.04 Å². The minimum Gasteiger partial charge on any atom is -0.330 e. The smallest absolute Gasteiger partial charge is 0.330 e. The standard InChI is InChI=1S/C12H11F6NO/c1-19(9(20)7-11(13,14)15)10(12(16,17)18)8-5-3-2-4-6-8/h2-6,10H,7H2,1H3/t10-/m1/s1. The Morgan fingerprint density at radius 1 is 1.10 bits per heavy atom. The van der Waals surface area contributed by atoms with E-state index in [4.69, 9.17) is 0 Å². The number of benzene rings is 1. The van der Waals surface area contributed by atoms with Gasteiger partial charge in [-0.3, -0.25) is 4.79 Å². The second kappa shape index (κ2) is 5.72. The summed E-state index contributed by atoms with van der Waals surface area (Å²) in [5, 5.41) is 0. The molecule has 0 bridgehead atoms. The maximum absolute atomic E-state index is 13.0. The third-order valence-electron chi connectivity index (χ3n) is 2.56. The average Bonchev–Trinajstić information content (AvgIpc) is 2.26. The van der Waals surface area contributed by atoms with E-state index in [9.17, 15) is 31.1 Å². The van der Waals surface area contributed by atoms with E-state index < -0.39 is 30.7 Å². The molecule has 0 saturated carbocycles. The SMILES string of the molecule is CN(C(=O)CC(F)(F)F)[C@H](c1ccccc1)C(F)(F)F. The van der Waals surface area contributed by atoms with Gasteiger partial charge in [-0.1, -0.05) is 30.3 Å². The fourth-order valence-electron chi connectivity index (χ4n) is 1.71. The van der Waals surface area contributed by atoms with Crippen molar-refractivity contribution in [3.05, 3.63) is 35.9 Å². The number of carbonyl (C=O) groups excluding carboxylic acids is 1. The molecule has 20 heavy (non-hydrogen) atoms. The lowest BCUT2D eigenvalue weighted by Crippen LogP contribution is -2.41. The Morgan fingerprint density at radius 2 is 1.60 bits per heavy atom. The molecule has 0 aliphatic carbocycles. The van der Waals surface area contributed by atoms with Crippen LogP contribution in [0.15, 0.2) is 30.3 Å². The highest BCUT2D eigenvalue weighted by Gasteiger charge is 2.46. The van der Waals surface area contributed by atoms with Crippen molar-refractivity contribution in [2.24, 2.45) is 0 Å². The maximum atomic E-state index is 13.0. The number of nitrogens with zero attached hydrogens (tertiary/aromatic N) is 1. The van der Waals surface area contributed by atoms with Gasteiger partial charge in [-0.25, -0.2) is 0 Å². The van der Waals surface area contributed by atoms with Gasteiger partial charge in [0.05, 0.1) is 0 Å². The second-order valence-electron chi connectivity index (χ2n) is 4.15. The molecule has 1 rings (SSSR count). The quantitative estimate of drug-likeness (QED) is 0.779. The van der Waals surface area contributed by atoms with E-state index in [-0.39, 0.29) is 10.5 Å². The Kier molecular flexibility index (Phi) is 4.67. The van der Waals surface area contributed by atoms with E-state index >= 15 is 0 Å². The van der Waals surface area contributed by atoms with Crippen molar-refractivity contribution in [1.29, 1.82) is 0 Å². The lowest BCUT2D eigenvalue weighted by molar-refractivity contribution is -0.196. The van der Waals surface area contributed by atoms with E-state index in [1.165, 1.54) is 18.2 Å². The minimum absolute atomic E-state index is 0.0722. The van der Waals surface area contributed by atoms with Crippen LogP contribution in [0.4, 0.5) is 26.3 Å². The molecule has 0 unspecified atom stereocenters. The Bertz CT molecular complexity index is 453. The third kappa shape index (κ3) is 4.43. The van der Waals surface area contributed by atoms with Gasteiger partial charge >= 0.3 is 12.4 Å². The lowest BCUT2D eigenvalue weighted by Gasteiger charge is -2.30. The highest BCUT2D eigenvalue weighted by atomic mass is 19.4. The number of rotatable bonds is 3. The van der Waals surface area contributed by atoms with Crippen molar-refractivity contribution < 1.29 is 31.1 Å². The summed E-state index contributed by atoms with van der Waals surface area (Å²) in [7, 11) is 0.708. The molecule has 0 heterocycles. The maximum Gasteiger partial charge on any atom is 0.413 e. The highest BCUT2D eigenvalue weighted by Crippen LogP contribution is 2.37. The first kappa shape index (κ1) is 16.3. The van der Waals surface area contributed by atoms with Crippen LogP contribution < -0.4 is 0 Å². The molecular weight excluding hydrogens is 288 g/mol. The zero-order valence-corrected chi connectivity index (χ0v) is 10.3. The Hall–Kier alpha value is -1.73. The first-order valence-electron chi connectivity index (χ1n) is 5.46. The third-order valence-corrected chi connectivity index (χ3v) is 2.56. The van der Waals surface area contributed by atoms with Gasteiger partial charge in [0.1, 0.15) is 6.42 Å². The molecule has 2 nitrogen and oxygen atoms in total. The number of hydrogen-bond donors (Lipinski definition) is 0. The summed E-state index contributed by atoms with van der Waals surface area (Å²) in [4.78, 5) is 11.4. The van der Waals surface area contributed by atoms with Crippen LogP contribution in [0.5, 0.6) is 0 Å². The fourth-order valence-corrected chi connectivity index (χ4v) is 1.71. The minimum atomic E-state index is -4.86. The normalized spacial score (nSPS) is 13.9. The summed E-state index contributed by atoms with van der Waals surface area (Å²) >= 11 is 0. The predicted octanol–water partition coefficient (Wildman–Crippen LogP) is 3.70. The molecule has 0 aliphatic rings. The fraction of sp³-hybridized carbons (Fsp3) is 0.417. The molecule has 1 aromatic rings. The summed E-state index contributed by atoms with van der Waals surface area (Å²) in [6.45, 7) is 0. The molecule has 0 aliphatic heterocycles. The highest BCUT2D eigenvalue weighted by molar-refractivity contribution is 5.77. The van der Waals surface area contributed by atoms with Gasteiger partial charge in [-0.2, -0.15) is 26.3 Å². The first-order chi connectivity index (χ1) is 9.02. The van der Waals surface area contributed by atoms with E-state index in [1.807, 2.05) is 0 Å². The summed E-state index contributed by atoms with van der Waals surface area (Å²) in [5.74, 6) is -1.64. The number of halogens is 6. The number of carbonyl (C=O) groups is 1. The Morgan fingerprint density at radius 3 is 2.00 bits per heavy atom. The van der Waals surface area contributed by atoms with Crippen molar-refractivity contribution in [2.45, 2.75) is 24.8 Å². The second-order valence-corrected chi connectivity index (χ2v) is 4.15. The lowest BCUT2D eigenvalue weighted by atomic mass is 10.0. The molecule has 0 aromatic heterocycles. The molecule has 1 aromatic carbocycles. The molecule has 0 N–H and O–H groups in total. The van der Waals surface area contributed by atoms with Gasteiger partial charge in [0, 0.05) is 7.05 Å². The molecule has 0 fully saturated rings. The number of hydrogen-bond acceptors (Lipinski definition) is 1. The van der Waals surface area contributed by atoms with Crippen LogP contribution in [0.3, 0.4) is 0 Å². The van der Waals surface area contributed by atoms with Gasteiger partial charge in [-0.15, -0.1) is 0 Å². The van der Waals surface area contributed by atoms with E-state index in [1.54, 1.807) is 0 Å². The van der Waals surface area contributed by atoms with Crippen LogP contribution in [0.25, 0.3) is 0 Å². The van der Waals surface area contributed by atoms with Gasteiger partial charge in [-0.05, 0) is 5.56 Å². The number of alkyl halides is 6. The van der Waals surface area contributed by atoms with Crippen molar-refractivity contribution in [1.82, 2.24) is 4.90 Å². The van der Waals surface area contributed by atoms with Crippen molar-refractivity contribution >= 4 is 5.91 Å². The summed E-state index contributed by atoms with van der Waals surface area (Å²) in [6.07, 6.45) is -11.6. The van der Waals surface area contributed by atoms with E-state index in [0.29, 0.717) is 7.05 Å². The summed E-state index contributed by atoms with van der Waals surface area (Å²) in [5.41, 5.74) is -0.293. The Labute approximate surface area is 111 Å². The van der Waals surface area contributed by atoms with Gasteiger partial charge < -0.3 is 4.90 Å². The van der Waals surface area contributed by atoms with E-state index in [0.717, 1.165) is 12.1 Å². The van der Waals surface area contributed by atoms with Crippen LogP contribution in [0, 0.1) is 0 Å². The Balaban J connectivity index is 3.04. The van der Waals surface area contributed by atoms with Crippen LogP contribution in [-0.2, 0) is 4.79 Å². The molecule has 1 atom stereocenters. The van der Waals surface area contributed by atoms with Crippen LogP contribution in [0.2, 0.25) is 0 Å². The van der Waals surface area contributed by atoms with Gasteiger partial charge in [0.2, 0.25) is 5.91 Å².